The van der Waals surface area contributed by atoms with Crippen molar-refractivity contribution in [1.82, 2.24) is 4.90 Å². The van der Waals surface area contributed by atoms with Crippen molar-refractivity contribution in [1.29, 1.82) is 0 Å². The van der Waals surface area contributed by atoms with Crippen LogP contribution < -0.4 is 5.63 Å². The Bertz CT molecular complexity index is 999. The molecule has 0 spiro atoms. The van der Waals surface area contributed by atoms with E-state index in [4.69, 9.17) is 16.0 Å². The van der Waals surface area contributed by atoms with Crippen LogP contribution in [0.1, 0.15) is 21.3 Å². The van der Waals surface area contributed by atoms with Crippen molar-refractivity contribution in [2.75, 3.05) is 12.3 Å². The van der Waals surface area contributed by atoms with Crippen LogP contribution in [-0.4, -0.2) is 23.1 Å². The van der Waals surface area contributed by atoms with Gasteiger partial charge in [-0.15, -0.1) is 11.8 Å². The van der Waals surface area contributed by atoms with Crippen molar-refractivity contribution in [3.63, 3.8) is 0 Å². The third-order valence-corrected chi connectivity index (χ3v) is 5.69. The molecule has 1 aromatic heterocycles. The van der Waals surface area contributed by atoms with Gasteiger partial charge in [0.05, 0.1) is 0 Å². The second-order valence-electron chi connectivity index (χ2n) is 5.76. The van der Waals surface area contributed by atoms with E-state index in [1.54, 1.807) is 34.9 Å². The maximum absolute atomic E-state index is 13.0. The van der Waals surface area contributed by atoms with E-state index in [2.05, 4.69) is 0 Å². The van der Waals surface area contributed by atoms with E-state index in [9.17, 15) is 9.59 Å². The molecule has 6 heteroatoms. The minimum atomic E-state index is -0.601. The number of hydrogen-bond donors (Lipinski definition) is 0. The lowest BCUT2D eigenvalue weighted by molar-refractivity contribution is 0.0756. The van der Waals surface area contributed by atoms with Gasteiger partial charge in [0, 0.05) is 22.7 Å². The standard InChI is InChI=1S/C19H14ClNO3S/c20-14-7-5-12(6-8-14)18-21(9-10-25-18)17(22)15-11-13-3-1-2-4-16(13)24-19(15)23/h1-8,11,18H,9-10H2. The van der Waals surface area contributed by atoms with E-state index < -0.39 is 5.63 Å². The molecule has 1 aliphatic rings. The summed E-state index contributed by atoms with van der Waals surface area (Å²) in [6, 6.07) is 16.2. The van der Waals surface area contributed by atoms with Crippen LogP contribution in [-0.2, 0) is 0 Å². The molecular formula is C19H14ClNO3S. The van der Waals surface area contributed by atoms with Gasteiger partial charge >= 0.3 is 5.63 Å². The molecule has 2 aromatic carbocycles. The average Bonchev–Trinajstić information content (AvgIpc) is 3.11. The number of thioether (sulfide) groups is 1. The third kappa shape index (κ3) is 3.05. The van der Waals surface area contributed by atoms with Gasteiger partial charge in [-0.3, -0.25) is 4.79 Å². The Balaban J connectivity index is 1.71. The van der Waals surface area contributed by atoms with E-state index in [1.165, 1.54) is 0 Å². The molecule has 4 nitrogen and oxygen atoms in total. The molecule has 1 unspecified atom stereocenters. The van der Waals surface area contributed by atoms with Crippen molar-refractivity contribution in [2.24, 2.45) is 0 Å². The number of carbonyl (C=O) groups excluding carboxylic acids is 1. The molecule has 0 saturated carbocycles. The Morgan fingerprint density at radius 2 is 1.92 bits per heavy atom. The van der Waals surface area contributed by atoms with Gasteiger partial charge in [0.25, 0.3) is 5.91 Å². The van der Waals surface area contributed by atoms with Gasteiger partial charge in [-0.25, -0.2) is 4.79 Å². The summed E-state index contributed by atoms with van der Waals surface area (Å²) >= 11 is 7.62. The maximum atomic E-state index is 13.0. The molecule has 4 rings (SSSR count). The van der Waals surface area contributed by atoms with Crippen molar-refractivity contribution in [3.8, 4) is 0 Å². The molecule has 25 heavy (non-hydrogen) atoms. The van der Waals surface area contributed by atoms with Gasteiger partial charge in [-0.2, -0.15) is 0 Å². The Labute approximate surface area is 153 Å². The van der Waals surface area contributed by atoms with Gasteiger partial charge in [0.2, 0.25) is 0 Å². The molecule has 1 fully saturated rings. The zero-order chi connectivity index (χ0) is 17.4. The summed E-state index contributed by atoms with van der Waals surface area (Å²) in [5, 5.41) is 1.26. The average molecular weight is 372 g/mol. The van der Waals surface area contributed by atoms with Crippen molar-refractivity contribution < 1.29 is 9.21 Å². The Hall–Kier alpha value is -2.24. The van der Waals surface area contributed by atoms with E-state index in [0.29, 0.717) is 17.2 Å². The number of hydrogen-bond acceptors (Lipinski definition) is 4. The fourth-order valence-corrected chi connectivity index (χ4v) is 4.33. The summed E-state index contributed by atoms with van der Waals surface area (Å²) in [6.07, 6.45) is 0. The van der Waals surface area contributed by atoms with Crippen molar-refractivity contribution in [3.05, 3.63) is 81.2 Å². The highest BCUT2D eigenvalue weighted by atomic mass is 35.5. The molecule has 1 saturated heterocycles. The highest BCUT2D eigenvalue weighted by Gasteiger charge is 2.32. The monoisotopic (exact) mass is 371 g/mol. The predicted molar refractivity (Wildman–Crippen MR) is 100 cm³/mol. The fourth-order valence-electron chi connectivity index (χ4n) is 2.95. The molecule has 0 aliphatic carbocycles. The van der Waals surface area contributed by atoms with E-state index >= 15 is 0 Å². The van der Waals surface area contributed by atoms with E-state index in [0.717, 1.165) is 16.7 Å². The Morgan fingerprint density at radius 3 is 2.72 bits per heavy atom. The van der Waals surface area contributed by atoms with Crippen LogP contribution in [0.3, 0.4) is 0 Å². The molecule has 0 N–H and O–H groups in total. The first-order valence-electron chi connectivity index (χ1n) is 7.84. The van der Waals surface area contributed by atoms with E-state index in [-0.39, 0.29) is 16.8 Å². The van der Waals surface area contributed by atoms with Crippen LogP contribution >= 0.6 is 23.4 Å². The van der Waals surface area contributed by atoms with Crippen LogP contribution in [0.5, 0.6) is 0 Å². The number of benzene rings is 2. The molecule has 2 heterocycles. The summed E-state index contributed by atoms with van der Waals surface area (Å²) < 4.78 is 5.30. The van der Waals surface area contributed by atoms with Gasteiger partial charge in [0.15, 0.2) is 0 Å². The SMILES string of the molecule is O=C(c1cc2ccccc2oc1=O)N1CCSC1c1ccc(Cl)cc1. The second kappa shape index (κ2) is 6.58. The maximum Gasteiger partial charge on any atom is 0.349 e. The normalized spacial score (nSPS) is 17.2. The molecular weight excluding hydrogens is 358 g/mol. The molecule has 0 bridgehead atoms. The number of carbonyl (C=O) groups is 1. The summed E-state index contributed by atoms with van der Waals surface area (Å²) in [5.74, 6) is 0.516. The number of nitrogens with zero attached hydrogens (tertiary/aromatic N) is 1. The molecule has 1 atom stereocenters. The minimum absolute atomic E-state index is 0.0696. The first-order chi connectivity index (χ1) is 12.1. The quantitative estimate of drug-likeness (QED) is 0.629. The third-order valence-electron chi connectivity index (χ3n) is 4.18. The smallest absolute Gasteiger partial charge is 0.349 e. The van der Waals surface area contributed by atoms with Gasteiger partial charge in [-0.05, 0) is 29.8 Å². The zero-order valence-electron chi connectivity index (χ0n) is 13.1. The largest absolute Gasteiger partial charge is 0.422 e. The highest BCUT2D eigenvalue weighted by molar-refractivity contribution is 7.99. The zero-order valence-corrected chi connectivity index (χ0v) is 14.7. The van der Waals surface area contributed by atoms with Crippen LogP contribution in [0.2, 0.25) is 5.02 Å². The lowest BCUT2D eigenvalue weighted by Crippen LogP contribution is -2.33. The molecule has 1 amide bonds. The van der Waals surface area contributed by atoms with Crippen LogP contribution in [0.15, 0.2) is 63.8 Å². The summed E-state index contributed by atoms with van der Waals surface area (Å²) in [5.41, 5.74) is 0.940. The number of amides is 1. The lowest BCUT2D eigenvalue weighted by Gasteiger charge is -2.24. The summed E-state index contributed by atoms with van der Waals surface area (Å²) in [4.78, 5) is 27.0. The lowest BCUT2D eigenvalue weighted by atomic mass is 10.1. The number of halogens is 1. The Kier molecular flexibility index (Phi) is 4.27. The summed E-state index contributed by atoms with van der Waals surface area (Å²) in [7, 11) is 0. The molecule has 0 radical (unpaired) electrons. The summed E-state index contributed by atoms with van der Waals surface area (Å²) in [6.45, 7) is 0.586. The van der Waals surface area contributed by atoms with Crippen LogP contribution in [0.25, 0.3) is 11.0 Å². The minimum Gasteiger partial charge on any atom is -0.422 e. The first kappa shape index (κ1) is 16.2. The number of para-hydroxylation sites is 1. The topological polar surface area (TPSA) is 50.5 Å². The van der Waals surface area contributed by atoms with Crippen LogP contribution in [0, 0.1) is 0 Å². The number of rotatable bonds is 2. The molecule has 1 aliphatic heterocycles. The van der Waals surface area contributed by atoms with E-state index in [1.807, 2.05) is 36.4 Å². The predicted octanol–water partition coefficient (Wildman–Crippen LogP) is 4.33. The first-order valence-corrected chi connectivity index (χ1v) is 9.27. The number of fused-ring (bicyclic) bond motifs is 1. The second-order valence-corrected chi connectivity index (χ2v) is 7.38. The van der Waals surface area contributed by atoms with Gasteiger partial charge < -0.3 is 9.32 Å². The van der Waals surface area contributed by atoms with Gasteiger partial charge in [-0.1, -0.05) is 41.9 Å². The highest BCUT2D eigenvalue weighted by Crippen LogP contribution is 2.38. The van der Waals surface area contributed by atoms with Crippen molar-refractivity contribution in [2.45, 2.75) is 5.37 Å². The van der Waals surface area contributed by atoms with Crippen molar-refractivity contribution >= 4 is 40.2 Å². The van der Waals surface area contributed by atoms with Gasteiger partial charge in [0.1, 0.15) is 16.5 Å². The fraction of sp³-hybridized carbons (Fsp3) is 0.158. The molecule has 3 aromatic rings. The Morgan fingerprint density at radius 1 is 1.16 bits per heavy atom. The van der Waals surface area contributed by atoms with Crippen LogP contribution in [0.4, 0.5) is 0 Å². The molecule has 126 valence electrons.